The molecule has 0 saturated carbocycles. The smallest absolute Gasteiger partial charge is 0.180 e. The monoisotopic (exact) mass is 673 g/mol. The van der Waals surface area contributed by atoms with Gasteiger partial charge in [-0.25, -0.2) is 0 Å². The minimum atomic E-state index is -0.544. The van der Waals surface area contributed by atoms with E-state index in [4.69, 9.17) is 49.0 Å². The zero-order valence-corrected chi connectivity index (χ0v) is 29.2. The topological polar surface area (TPSA) is 65.1 Å². The van der Waals surface area contributed by atoms with E-state index in [-0.39, 0.29) is 29.0 Å². The third-order valence-electron chi connectivity index (χ3n) is 8.80. The molecule has 6 nitrogen and oxygen atoms in total. The Balaban J connectivity index is 1.65. The van der Waals surface area contributed by atoms with Crippen LogP contribution in [-0.2, 0) is 20.9 Å². The van der Waals surface area contributed by atoms with Gasteiger partial charge in [0.15, 0.2) is 23.1 Å². The van der Waals surface area contributed by atoms with Gasteiger partial charge in [0, 0.05) is 77.2 Å². The van der Waals surface area contributed by atoms with Crippen LogP contribution in [0.15, 0.2) is 52.9 Å². The van der Waals surface area contributed by atoms with Gasteiger partial charge in [0.2, 0.25) is 0 Å². The van der Waals surface area contributed by atoms with Gasteiger partial charge in [-0.15, -0.1) is 0 Å². The molecule has 0 saturated heterocycles. The van der Waals surface area contributed by atoms with E-state index in [9.17, 15) is 9.59 Å². The molecule has 9 heteroatoms. The summed E-state index contributed by atoms with van der Waals surface area (Å²) in [5.74, 6) is 0.417. The van der Waals surface area contributed by atoms with Gasteiger partial charge in [-0.05, 0) is 66.8 Å². The summed E-state index contributed by atoms with van der Waals surface area (Å²) < 4.78 is 17.7. The van der Waals surface area contributed by atoms with E-state index in [0.717, 1.165) is 41.8 Å². The number of benzene rings is 2. The zero-order valence-electron chi connectivity index (χ0n) is 27.0. The Kier molecular flexibility index (Phi) is 10.0. The molecule has 0 N–H and O–H groups in total. The molecule has 0 bridgehead atoms. The highest BCUT2D eigenvalue weighted by atomic mass is 35.5. The molecule has 0 radical (unpaired) electrons. The molecule has 2 aliphatic carbocycles. The maximum Gasteiger partial charge on any atom is 0.180 e. The lowest BCUT2D eigenvalue weighted by Crippen LogP contribution is -2.44. The number of carbonyl (C=O) groups is 2. The molecule has 0 amide bonds. The van der Waals surface area contributed by atoms with E-state index < -0.39 is 5.92 Å². The maximum absolute atomic E-state index is 14.1. The van der Waals surface area contributed by atoms with Crippen LogP contribution in [0.25, 0.3) is 0 Å². The number of ketones is 2. The number of ether oxygens (including phenoxy) is 3. The van der Waals surface area contributed by atoms with E-state index in [2.05, 4.69) is 32.6 Å². The van der Waals surface area contributed by atoms with Crippen LogP contribution >= 0.6 is 34.8 Å². The van der Waals surface area contributed by atoms with Crippen molar-refractivity contribution in [2.24, 2.45) is 10.8 Å². The Morgan fingerprint density at radius 2 is 1.47 bits per heavy atom. The summed E-state index contributed by atoms with van der Waals surface area (Å²) in [5.41, 5.74) is 4.49. The van der Waals surface area contributed by atoms with Gasteiger partial charge < -0.3 is 19.1 Å². The average molecular weight is 675 g/mol. The molecule has 0 fully saturated rings. The van der Waals surface area contributed by atoms with Crippen LogP contribution in [-0.4, -0.2) is 43.3 Å². The Labute approximate surface area is 281 Å². The molecule has 45 heavy (non-hydrogen) atoms. The summed E-state index contributed by atoms with van der Waals surface area (Å²) in [4.78, 5) is 30.5. The number of hydrogen-bond acceptors (Lipinski definition) is 6. The first kappa shape index (κ1) is 33.8. The van der Waals surface area contributed by atoms with Crippen molar-refractivity contribution in [3.05, 3.63) is 79.1 Å². The first-order chi connectivity index (χ1) is 21.2. The van der Waals surface area contributed by atoms with Gasteiger partial charge in [0.05, 0.1) is 11.6 Å². The second kappa shape index (κ2) is 13.3. The van der Waals surface area contributed by atoms with Gasteiger partial charge in [-0.1, -0.05) is 68.6 Å². The van der Waals surface area contributed by atoms with Crippen molar-refractivity contribution in [2.75, 3.05) is 26.9 Å². The summed E-state index contributed by atoms with van der Waals surface area (Å²) >= 11 is 19.4. The molecule has 2 aromatic rings. The summed E-state index contributed by atoms with van der Waals surface area (Å²) in [6.45, 7) is 12.2. The van der Waals surface area contributed by atoms with Crippen LogP contribution < -0.4 is 9.47 Å². The summed E-state index contributed by atoms with van der Waals surface area (Å²) in [5, 5.41) is 1.36. The standard InChI is InChI=1S/C36H42Cl3NO5/c1-7-44-30-14-22(13-25(39)34(30)45-20-21-9-10-23(37)15-24(21)38)31-32-26(16-35(2,3)18-28(32)41)40(11-8-12-43-6)27-17-36(4,5)19-29(42)33(27)31/h9-10,13-15,31H,7-8,11-12,16-20H2,1-6H3. The van der Waals surface area contributed by atoms with Crippen molar-refractivity contribution in [3.8, 4) is 11.5 Å². The Bertz CT molecular complexity index is 1520. The molecular weight excluding hydrogens is 633 g/mol. The van der Waals surface area contributed by atoms with Gasteiger partial charge in [0.25, 0.3) is 0 Å². The van der Waals surface area contributed by atoms with Crippen molar-refractivity contribution in [1.82, 2.24) is 4.90 Å². The van der Waals surface area contributed by atoms with Crippen molar-refractivity contribution in [3.63, 3.8) is 0 Å². The first-order valence-electron chi connectivity index (χ1n) is 15.6. The number of rotatable bonds is 10. The predicted molar refractivity (Wildman–Crippen MR) is 179 cm³/mol. The number of nitrogens with zero attached hydrogens (tertiary/aromatic N) is 1. The minimum Gasteiger partial charge on any atom is -0.490 e. The summed E-state index contributed by atoms with van der Waals surface area (Å²) in [6, 6.07) is 8.93. The second-order valence-corrected chi connectivity index (χ2v) is 15.1. The quantitative estimate of drug-likeness (QED) is 0.234. The fraction of sp³-hybridized carbons (Fsp3) is 0.500. The number of hydrogen-bond donors (Lipinski definition) is 0. The van der Waals surface area contributed by atoms with Crippen LogP contribution in [0, 0.1) is 10.8 Å². The molecule has 0 atom stereocenters. The lowest BCUT2D eigenvalue weighted by molar-refractivity contribution is -0.119. The third kappa shape index (κ3) is 7.10. The van der Waals surface area contributed by atoms with E-state index in [0.29, 0.717) is 70.3 Å². The highest BCUT2D eigenvalue weighted by Crippen LogP contribution is 2.55. The lowest BCUT2D eigenvalue weighted by Gasteiger charge is -2.49. The number of allylic oxidation sites excluding steroid dienone is 4. The zero-order chi connectivity index (χ0) is 32.7. The average Bonchev–Trinajstić information content (AvgIpc) is 2.92. The van der Waals surface area contributed by atoms with Gasteiger partial charge >= 0.3 is 0 Å². The third-order valence-corrected chi connectivity index (χ3v) is 9.67. The number of methoxy groups -OCH3 is 1. The molecule has 1 heterocycles. The fourth-order valence-electron chi connectivity index (χ4n) is 6.96. The van der Waals surface area contributed by atoms with Crippen molar-refractivity contribution in [1.29, 1.82) is 0 Å². The molecule has 242 valence electrons. The van der Waals surface area contributed by atoms with Crippen LogP contribution in [0.4, 0.5) is 0 Å². The lowest BCUT2D eigenvalue weighted by atomic mass is 9.63. The van der Waals surface area contributed by atoms with E-state index >= 15 is 0 Å². The van der Waals surface area contributed by atoms with Crippen molar-refractivity contribution >= 4 is 46.4 Å². The Hall–Kier alpha value is -2.51. The second-order valence-electron chi connectivity index (χ2n) is 13.8. The van der Waals surface area contributed by atoms with Crippen molar-refractivity contribution in [2.45, 2.75) is 79.2 Å². The van der Waals surface area contributed by atoms with Crippen LogP contribution in [0.3, 0.4) is 0 Å². The normalized spacial score (nSPS) is 19.5. The molecule has 1 aliphatic heterocycles. The van der Waals surface area contributed by atoms with E-state index in [1.165, 1.54) is 0 Å². The number of halogens is 3. The highest BCUT2D eigenvalue weighted by Gasteiger charge is 2.49. The van der Waals surface area contributed by atoms with Crippen LogP contribution in [0.2, 0.25) is 15.1 Å². The molecule has 3 aliphatic rings. The molecule has 0 unspecified atom stereocenters. The maximum atomic E-state index is 14.1. The number of carbonyl (C=O) groups excluding carboxylic acids is 2. The highest BCUT2D eigenvalue weighted by molar-refractivity contribution is 6.35. The molecule has 2 aromatic carbocycles. The Morgan fingerprint density at radius 3 is 2.02 bits per heavy atom. The summed E-state index contributed by atoms with van der Waals surface area (Å²) in [7, 11) is 1.69. The van der Waals surface area contributed by atoms with Gasteiger partial charge in [-0.3, -0.25) is 9.59 Å². The van der Waals surface area contributed by atoms with E-state index in [1.807, 2.05) is 25.1 Å². The molecule has 0 spiro atoms. The van der Waals surface area contributed by atoms with Crippen LogP contribution in [0.1, 0.15) is 83.8 Å². The first-order valence-corrected chi connectivity index (χ1v) is 16.7. The van der Waals surface area contributed by atoms with Gasteiger partial charge in [-0.2, -0.15) is 0 Å². The molecular formula is C36H42Cl3NO5. The van der Waals surface area contributed by atoms with Crippen molar-refractivity contribution < 1.29 is 23.8 Å². The molecule has 0 aromatic heterocycles. The van der Waals surface area contributed by atoms with Gasteiger partial charge in [0.1, 0.15) is 6.61 Å². The molecule has 5 rings (SSSR count). The SMILES string of the molecule is CCOc1cc(C2C3=C(CC(C)(C)CC3=O)N(CCCOC)C3=C2C(=O)CC(C)(C)C3)cc(Cl)c1OCc1ccc(Cl)cc1Cl. The van der Waals surface area contributed by atoms with Crippen LogP contribution in [0.5, 0.6) is 11.5 Å². The largest absolute Gasteiger partial charge is 0.490 e. The minimum absolute atomic E-state index is 0.0685. The number of Topliss-reactive ketones (excluding diaryl/α,β-unsaturated/α-hetero) is 2. The Morgan fingerprint density at radius 1 is 0.844 bits per heavy atom. The fourth-order valence-corrected chi connectivity index (χ4v) is 7.70. The van der Waals surface area contributed by atoms with E-state index in [1.54, 1.807) is 19.2 Å². The predicted octanol–water partition coefficient (Wildman–Crippen LogP) is 9.35. The summed E-state index contributed by atoms with van der Waals surface area (Å²) in [6.07, 6.45) is 3.06.